The van der Waals surface area contributed by atoms with Crippen LogP contribution in [0.2, 0.25) is 0 Å². The van der Waals surface area contributed by atoms with Crippen molar-refractivity contribution in [3.05, 3.63) is 281 Å². The van der Waals surface area contributed by atoms with Crippen molar-refractivity contribution in [3.8, 4) is 89.8 Å². The molecule has 0 unspecified atom stereocenters. The summed E-state index contributed by atoms with van der Waals surface area (Å²) in [4.78, 5) is 16.9. The molecule has 1 heterocycles. The van der Waals surface area contributed by atoms with Crippen molar-refractivity contribution in [2.24, 2.45) is 0 Å². The molecule has 0 bridgehead atoms. The van der Waals surface area contributed by atoms with Gasteiger partial charge in [-0.2, -0.15) is 0 Å². The second-order valence-corrected chi connectivity index (χ2v) is 18.4. The zero-order chi connectivity index (χ0) is 44.6. The third kappa shape index (κ3) is 4.70. The molecule has 3 heteroatoms. The van der Waals surface area contributed by atoms with Crippen LogP contribution in [0.4, 0.5) is 0 Å². The van der Waals surface area contributed by atoms with Gasteiger partial charge in [0.15, 0.2) is 17.5 Å². The minimum atomic E-state index is -0.500. The van der Waals surface area contributed by atoms with Crippen LogP contribution in [0.1, 0.15) is 44.5 Å². The zero-order valence-corrected chi connectivity index (χ0v) is 36.9. The van der Waals surface area contributed by atoms with E-state index in [0.717, 1.165) is 38.9 Å². The third-order valence-electron chi connectivity index (χ3n) is 15.4. The van der Waals surface area contributed by atoms with Crippen LogP contribution in [0, 0.1) is 0 Å². The average Bonchev–Trinajstić information content (AvgIpc) is 4.10. The molecule has 0 aliphatic heterocycles. The number of nitrogens with zero attached hydrogens (tertiary/aromatic N) is 3. The monoisotopic (exact) mass is 861 g/mol. The average molecular weight is 862 g/mol. The Kier molecular flexibility index (Phi) is 7.63. The highest BCUT2D eigenvalue weighted by molar-refractivity contribution is 6.02. The Morgan fingerprint density at radius 2 is 0.456 bits per heavy atom. The molecule has 4 aliphatic carbocycles. The molecule has 1 aromatic heterocycles. The molecule has 2 spiro atoms. The molecule has 68 heavy (non-hydrogen) atoms. The Labute approximate surface area is 394 Å². The van der Waals surface area contributed by atoms with Gasteiger partial charge in [0.1, 0.15) is 0 Å². The van der Waals surface area contributed by atoms with E-state index in [-0.39, 0.29) is 0 Å². The van der Waals surface area contributed by atoms with E-state index in [2.05, 4.69) is 237 Å². The van der Waals surface area contributed by atoms with Gasteiger partial charge in [-0.1, -0.05) is 237 Å². The van der Waals surface area contributed by atoms with E-state index in [1.165, 1.54) is 77.9 Å². The Bertz CT molecular complexity index is 3640. The molecular formula is C65H39N3. The Morgan fingerprint density at radius 1 is 0.191 bits per heavy atom. The zero-order valence-electron chi connectivity index (χ0n) is 36.9. The van der Waals surface area contributed by atoms with E-state index in [1.54, 1.807) is 0 Å². The topological polar surface area (TPSA) is 38.7 Å². The summed E-state index contributed by atoms with van der Waals surface area (Å²) < 4.78 is 0. The fraction of sp³-hybridized carbons (Fsp3) is 0.0308. The largest absolute Gasteiger partial charge is 0.208 e. The van der Waals surface area contributed by atoms with Gasteiger partial charge >= 0.3 is 0 Å². The molecule has 3 nitrogen and oxygen atoms in total. The Morgan fingerprint density at radius 3 is 0.853 bits per heavy atom. The molecule has 0 saturated carbocycles. The lowest BCUT2D eigenvalue weighted by atomic mass is 9.70. The first-order chi connectivity index (χ1) is 33.8. The van der Waals surface area contributed by atoms with E-state index < -0.39 is 10.8 Å². The van der Waals surface area contributed by atoms with Gasteiger partial charge in [-0.15, -0.1) is 0 Å². The van der Waals surface area contributed by atoms with Crippen molar-refractivity contribution in [2.75, 3.05) is 0 Å². The van der Waals surface area contributed by atoms with Crippen molar-refractivity contribution in [2.45, 2.75) is 10.8 Å². The van der Waals surface area contributed by atoms with Crippen molar-refractivity contribution in [1.29, 1.82) is 0 Å². The summed E-state index contributed by atoms with van der Waals surface area (Å²) in [5.41, 5.74) is 24.2. The number of fused-ring (bicyclic) bond motifs is 20. The van der Waals surface area contributed by atoms with Crippen LogP contribution in [-0.2, 0) is 10.8 Å². The second-order valence-electron chi connectivity index (χ2n) is 18.4. The quantitative estimate of drug-likeness (QED) is 0.177. The lowest BCUT2D eigenvalue weighted by molar-refractivity contribution is 0.793. The maximum absolute atomic E-state index is 5.69. The summed E-state index contributed by atoms with van der Waals surface area (Å²) in [6.07, 6.45) is 0. The minimum absolute atomic E-state index is 0.500. The van der Waals surface area contributed by atoms with Gasteiger partial charge in [0.25, 0.3) is 0 Å². The number of rotatable bonds is 4. The van der Waals surface area contributed by atoms with Crippen molar-refractivity contribution in [3.63, 3.8) is 0 Å². The van der Waals surface area contributed by atoms with E-state index in [9.17, 15) is 0 Å². The maximum Gasteiger partial charge on any atom is 0.164 e. The molecule has 15 rings (SSSR count). The van der Waals surface area contributed by atoms with Crippen LogP contribution in [0.3, 0.4) is 0 Å². The minimum Gasteiger partial charge on any atom is -0.208 e. The smallest absolute Gasteiger partial charge is 0.164 e. The fourth-order valence-electron chi connectivity index (χ4n) is 12.9. The number of hydrogen-bond acceptors (Lipinski definition) is 3. The normalized spacial score (nSPS) is 14.1. The van der Waals surface area contributed by atoms with Gasteiger partial charge in [0.05, 0.1) is 10.8 Å². The molecule has 314 valence electrons. The van der Waals surface area contributed by atoms with Crippen molar-refractivity contribution >= 4 is 0 Å². The maximum atomic E-state index is 5.69. The Balaban J connectivity index is 1.03. The van der Waals surface area contributed by atoms with Crippen LogP contribution in [0.15, 0.2) is 237 Å². The van der Waals surface area contributed by atoms with Crippen molar-refractivity contribution < 1.29 is 0 Å². The molecule has 0 amide bonds. The molecule has 10 aromatic carbocycles. The molecule has 0 fully saturated rings. The second kappa shape index (κ2) is 13.9. The SMILES string of the molecule is c1ccc(-c2ccccc2-c2nc(-c3cccc4c3-c3ccccc3C43c4ccccc4-c4ccccc43)nc(-c3cccc4c3-c3ccccc3C43c4ccccc4-c4ccccc43)n2)cc1. The predicted molar refractivity (Wildman–Crippen MR) is 274 cm³/mol. The first-order valence-corrected chi connectivity index (χ1v) is 23.5. The van der Waals surface area contributed by atoms with Crippen LogP contribution in [0.25, 0.3) is 89.8 Å². The molecule has 0 N–H and O–H groups in total. The van der Waals surface area contributed by atoms with Crippen molar-refractivity contribution in [1.82, 2.24) is 15.0 Å². The van der Waals surface area contributed by atoms with Gasteiger partial charge < -0.3 is 0 Å². The molecule has 0 atom stereocenters. The van der Waals surface area contributed by atoms with E-state index in [0.29, 0.717) is 17.5 Å². The van der Waals surface area contributed by atoms with Crippen LogP contribution >= 0.6 is 0 Å². The highest BCUT2D eigenvalue weighted by atomic mass is 15.0. The summed E-state index contributed by atoms with van der Waals surface area (Å²) in [5, 5.41) is 0. The molecule has 11 aromatic rings. The standard InChI is InChI=1S/C65H39N3/c1-2-20-40(21-3-1)41-22-4-5-27-46(41)61-66-62(49-30-18-38-57-59(49)47-28-10-16-36-55(47)64(57)51-32-12-6-23-42(51)43-24-7-13-33-52(43)64)68-63(67-61)50-31-19-39-58-60(50)48-29-11-17-37-56(48)65(58)53-34-14-8-25-44(53)45-26-9-15-35-54(45)65/h1-39H. The predicted octanol–water partition coefficient (Wildman–Crippen LogP) is 15.2. The van der Waals surface area contributed by atoms with Crippen LogP contribution in [-0.4, -0.2) is 15.0 Å². The molecular weight excluding hydrogens is 823 g/mol. The van der Waals surface area contributed by atoms with E-state index in [4.69, 9.17) is 15.0 Å². The van der Waals surface area contributed by atoms with Crippen LogP contribution in [0.5, 0.6) is 0 Å². The summed E-state index contributed by atoms with van der Waals surface area (Å²) in [6, 6.07) is 86.5. The summed E-state index contributed by atoms with van der Waals surface area (Å²) in [5.74, 6) is 1.92. The van der Waals surface area contributed by atoms with E-state index >= 15 is 0 Å². The molecule has 4 aliphatic rings. The third-order valence-corrected chi connectivity index (χ3v) is 15.4. The first-order valence-electron chi connectivity index (χ1n) is 23.5. The van der Waals surface area contributed by atoms with E-state index in [1.807, 2.05) is 0 Å². The lowest BCUT2D eigenvalue weighted by Gasteiger charge is -2.30. The number of aromatic nitrogens is 3. The highest BCUT2D eigenvalue weighted by Gasteiger charge is 2.54. The number of hydrogen-bond donors (Lipinski definition) is 0. The van der Waals surface area contributed by atoms with Crippen LogP contribution < -0.4 is 0 Å². The molecule has 0 saturated heterocycles. The highest BCUT2D eigenvalue weighted by Crippen LogP contribution is 2.65. The summed E-state index contributed by atoms with van der Waals surface area (Å²) in [6.45, 7) is 0. The first kappa shape index (κ1) is 37.4. The van der Waals surface area contributed by atoms with Gasteiger partial charge in [-0.3, -0.25) is 0 Å². The Hall–Kier alpha value is -8.79. The summed E-state index contributed by atoms with van der Waals surface area (Å²) >= 11 is 0. The van der Waals surface area contributed by atoms with Gasteiger partial charge in [0.2, 0.25) is 0 Å². The number of benzene rings is 10. The lowest BCUT2D eigenvalue weighted by Crippen LogP contribution is -2.25. The summed E-state index contributed by atoms with van der Waals surface area (Å²) in [7, 11) is 0. The fourth-order valence-corrected chi connectivity index (χ4v) is 12.9. The molecule has 0 radical (unpaired) electrons. The van der Waals surface area contributed by atoms with Gasteiger partial charge in [-0.25, -0.2) is 15.0 Å². The van der Waals surface area contributed by atoms with Gasteiger partial charge in [-0.05, 0) is 100 Å². The van der Waals surface area contributed by atoms with Gasteiger partial charge in [0, 0.05) is 16.7 Å².